The Bertz CT molecular complexity index is 1020. The van der Waals surface area contributed by atoms with Gasteiger partial charge in [-0.15, -0.1) is 0 Å². The minimum atomic E-state index is -1.16. The van der Waals surface area contributed by atoms with E-state index in [1.54, 1.807) is 30.7 Å². The SMILES string of the molecule is Cc1nn(Cc2ccc(F)cc2)c(C)c1NC(=O)C(C)n1nccc1C(=O)O. The molecule has 2 N–H and O–H groups in total. The van der Waals surface area contributed by atoms with Crippen molar-refractivity contribution in [3.63, 3.8) is 0 Å². The molecule has 2 heterocycles. The van der Waals surface area contributed by atoms with Gasteiger partial charge in [-0.3, -0.25) is 9.48 Å². The van der Waals surface area contributed by atoms with Gasteiger partial charge < -0.3 is 10.4 Å². The van der Waals surface area contributed by atoms with Gasteiger partial charge in [0.25, 0.3) is 0 Å². The van der Waals surface area contributed by atoms with E-state index in [0.717, 1.165) is 15.9 Å². The molecule has 8 nitrogen and oxygen atoms in total. The van der Waals surface area contributed by atoms with Crippen LogP contribution in [0.5, 0.6) is 0 Å². The molecule has 3 aromatic rings. The molecule has 2 aromatic heterocycles. The second-order valence-corrected chi connectivity index (χ2v) is 6.46. The maximum Gasteiger partial charge on any atom is 0.354 e. The molecule has 1 unspecified atom stereocenters. The van der Waals surface area contributed by atoms with Gasteiger partial charge in [0.15, 0.2) is 0 Å². The van der Waals surface area contributed by atoms with E-state index in [-0.39, 0.29) is 11.5 Å². The summed E-state index contributed by atoms with van der Waals surface area (Å²) in [5.74, 6) is -1.87. The summed E-state index contributed by atoms with van der Waals surface area (Å²) in [5.41, 5.74) is 2.73. The Morgan fingerprint density at radius 1 is 1.21 bits per heavy atom. The van der Waals surface area contributed by atoms with Gasteiger partial charge in [-0.1, -0.05) is 12.1 Å². The minimum Gasteiger partial charge on any atom is -0.477 e. The van der Waals surface area contributed by atoms with Crippen molar-refractivity contribution >= 4 is 17.6 Å². The number of anilines is 1. The lowest BCUT2D eigenvalue weighted by atomic mass is 10.2. The molecule has 0 saturated heterocycles. The monoisotopic (exact) mass is 385 g/mol. The fourth-order valence-corrected chi connectivity index (χ4v) is 2.93. The summed E-state index contributed by atoms with van der Waals surface area (Å²) in [6.45, 7) is 5.59. The van der Waals surface area contributed by atoms with E-state index in [1.165, 1.54) is 24.4 Å². The van der Waals surface area contributed by atoms with Gasteiger partial charge in [0.05, 0.1) is 23.6 Å². The quantitative estimate of drug-likeness (QED) is 0.679. The number of aryl methyl sites for hydroxylation is 1. The Balaban J connectivity index is 1.79. The number of rotatable bonds is 6. The van der Waals surface area contributed by atoms with Gasteiger partial charge in [0.2, 0.25) is 5.91 Å². The van der Waals surface area contributed by atoms with Crippen LogP contribution in [0.1, 0.15) is 40.4 Å². The molecular formula is C19H20FN5O3. The Hall–Kier alpha value is -3.49. The predicted octanol–water partition coefficient (Wildman–Crippen LogP) is 2.78. The topological polar surface area (TPSA) is 102 Å². The number of nitrogens with one attached hydrogen (secondary N) is 1. The van der Waals surface area contributed by atoms with Crippen LogP contribution >= 0.6 is 0 Å². The number of halogens is 1. The largest absolute Gasteiger partial charge is 0.477 e. The maximum atomic E-state index is 13.1. The molecule has 1 aromatic carbocycles. The lowest BCUT2D eigenvalue weighted by Gasteiger charge is -2.14. The summed E-state index contributed by atoms with van der Waals surface area (Å²) in [5, 5.41) is 20.4. The van der Waals surface area contributed by atoms with E-state index >= 15 is 0 Å². The van der Waals surface area contributed by atoms with Gasteiger partial charge in [-0.25, -0.2) is 13.9 Å². The lowest BCUT2D eigenvalue weighted by Crippen LogP contribution is -2.27. The minimum absolute atomic E-state index is 0.0666. The average molecular weight is 385 g/mol. The molecule has 0 radical (unpaired) electrons. The van der Waals surface area contributed by atoms with Crippen molar-refractivity contribution in [1.82, 2.24) is 19.6 Å². The molecule has 0 saturated carbocycles. The molecule has 0 aliphatic rings. The van der Waals surface area contributed by atoms with Crippen LogP contribution in [0.15, 0.2) is 36.5 Å². The van der Waals surface area contributed by atoms with E-state index in [2.05, 4.69) is 15.5 Å². The number of nitrogens with zero attached hydrogens (tertiary/aromatic N) is 4. The van der Waals surface area contributed by atoms with E-state index < -0.39 is 17.9 Å². The molecule has 0 aliphatic heterocycles. The summed E-state index contributed by atoms with van der Waals surface area (Å²) in [7, 11) is 0. The van der Waals surface area contributed by atoms with Gasteiger partial charge in [0, 0.05) is 6.20 Å². The van der Waals surface area contributed by atoms with Crippen LogP contribution < -0.4 is 5.32 Å². The first kappa shape index (κ1) is 19.3. The van der Waals surface area contributed by atoms with Crippen molar-refractivity contribution in [2.24, 2.45) is 0 Å². The third-order valence-corrected chi connectivity index (χ3v) is 4.51. The van der Waals surface area contributed by atoms with Gasteiger partial charge in [-0.2, -0.15) is 10.2 Å². The third-order valence-electron chi connectivity index (χ3n) is 4.51. The zero-order chi connectivity index (χ0) is 20.4. The van der Waals surface area contributed by atoms with Crippen LogP contribution in [-0.4, -0.2) is 36.5 Å². The molecule has 0 fully saturated rings. The highest BCUT2D eigenvalue weighted by Gasteiger charge is 2.23. The first-order valence-electron chi connectivity index (χ1n) is 8.64. The summed E-state index contributed by atoms with van der Waals surface area (Å²) in [6, 6.07) is 6.64. The number of carbonyl (C=O) groups is 2. The zero-order valence-electron chi connectivity index (χ0n) is 15.7. The number of hydrogen-bond acceptors (Lipinski definition) is 4. The van der Waals surface area contributed by atoms with E-state index in [1.807, 2.05) is 6.92 Å². The highest BCUT2D eigenvalue weighted by molar-refractivity contribution is 5.95. The van der Waals surface area contributed by atoms with Crippen LogP contribution in [0.3, 0.4) is 0 Å². The molecule has 0 bridgehead atoms. The van der Waals surface area contributed by atoms with Crippen LogP contribution in [0.2, 0.25) is 0 Å². The number of hydrogen-bond donors (Lipinski definition) is 2. The fraction of sp³-hybridized carbons (Fsp3) is 0.263. The number of aromatic nitrogens is 4. The van der Waals surface area contributed by atoms with Crippen LogP contribution in [0, 0.1) is 19.7 Å². The van der Waals surface area contributed by atoms with Crippen LogP contribution in [-0.2, 0) is 11.3 Å². The number of carbonyl (C=O) groups excluding carboxylic acids is 1. The van der Waals surface area contributed by atoms with Crippen molar-refractivity contribution in [3.05, 3.63) is 65.0 Å². The fourth-order valence-electron chi connectivity index (χ4n) is 2.93. The number of carboxylic acids is 1. The van der Waals surface area contributed by atoms with Crippen molar-refractivity contribution in [3.8, 4) is 0 Å². The summed E-state index contributed by atoms with van der Waals surface area (Å²) < 4.78 is 16.0. The second kappa shape index (κ2) is 7.63. The maximum absolute atomic E-state index is 13.1. The first-order valence-corrected chi connectivity index (χ1v) is 8.64. The molecule has 28 heavy (non-hydrogen) atoms. The average Bonchev–Trinajstić information content (AvgIpc) is 3.24. The molecule has 3 rings (SSSR count). The van der Waals surface area contributed by atoms with Crippen molar-refractivity contribution < 1.29 is 19.1 Å². The van der Waals surface area contributed by atoms with Crippen molar-refractivity contribution in [1.29, 1.82) is 0 Å². The first-order chi connectivity index (χ1) is 13.3. The highest BCUT2D eigenvalue weighted by Crippen LogP contribution is 2.22. The molecule has 146 valence electrons. The van der Waals surface area contributed by atoms with Crippen LogP contribution in [0.4, 0.5) is 10.1 Å². The Morgan fingerprint density at radius 2 is 1.89 bits per heavy atom. The third kappa shape index (κ3) is 3.78. The molecule has 0 aliphatic carbocycles. The number of aromatic carboxylic acids is 1. The van der Waals surface area contributed by atoms with Gasteiger partial charge in [-0.05, 0) is 44.5 Å². The normalized spacial score (nSPS) is 12.0. The van der Waals surface area contributed by atoms with Gasteiger partial charge in [0.1, 0.15) is 17.6 Å². The number of amides is 1. The predicted molar refractivity (Wildman–Crippen MR) is 99.7 cm³/mol. The summed E-state index contributed by atoms with van der Waals surface area (Å²) in [4.78, 5) is 23.9. The van der Waals surface area contributed by atoms with E-state index in [9.17, 15) is 19.1 Å². The van der Waals surface area contributed by atoms with Gasteiger partial charge >= 0.3 is 5.97 Å². The van der Waals surface area contributed by atoms with Crippen LogP contribution in [0.25, 0.3) is 0 Å². The Morgan fingerprint density at radius 3 is 2.54 bits per heavy atom. The summed E-state index contributed by atoms with van der Waals surface area (Å²) in [6.07, 6.45) is 1.34. The summed E-state index contributed by atoms with van der Waals surface area (Å²) >= 11 is 0. The molecule has 1 atom stereocenters. The standard InChI is InChI=1S/C19H20FN5O3/c1-11-17(12(2)24(23-11)10-14-4-6-15(20)7-5-14)22-18(26)13(3)25-16(19(27)28)8-9-21-25/h4-9,13H,10H2,1-3H3,(H,22,26)(H,27,28). The lowest BCUT2D eigenvalue weighted by molar-refractivity contribution is -0.119. The number of benzene rings is 1. The second-order valence-electron chi connectivity index (χ2n) is 6.46. The number of carboxylic acid groups (broad SMARTS) is 1. The van der Waals surface area contributed by atoms with Crippen molar-refractivity contribution in [2.45, 2.75) is 33.4 Å². The van der Waals surface area contributed by atoms with E-state index in [4.69, 9.17) is 0 Å². The van der Waals surface area contributed by atoms with Crippen molar-refractivity contribution in [2.75, 3.05) is 5.32 Å². The Labute approximate surface area is 160 Å². The molecular weight excluding hydrogens is 365 g/mol. The zero-order valence-corrected chi connectivity index (χ0v) is 15.7. The Kier molecular flexibility index (Phi) is 5.25. The molecule has 1 amide bonds. The smallest absolute Gasteiger partial charge is 0.354 e. The van der Waals surface area contributed by atoms with E-state index in [0.29, 0.717) is 17.9 Å². The highest BCUT2D eigenvalue weighted by atomic mass is 19.1. The molecule has 9 heteroatoms. The molecule has 0 spiro atoms.